The van der Waals surface area contributed by atoms with E-state index in [1.165, 1.54) is 59.2 Å². The molecule has 2 atom stereocenters. The smallest absolute Gasteiger partial charge is 0.0868 e. The molecule has 0 aromatic carbocycles. The lowest BCUT2D eigenvalue weighted by Crippen LogP contribution is -2.53. The Labute approximate surface area is 134 Å². The quantitative estimate of drug-likeness (QED) is 0.798. The summed E-state index contributed by atoms with van der Waals surface area (Å²) in [5, 5.41) is 7.71. The van der Waals surface area contributed by atoms with Crippen LogP contribution in [0.1, 0.15) is 49.8 Å². The number of nitrogens with one attached hydrogen (secondary N) is 1. The maximum Gasteiger partial charge on any atom is 0.0868 e. The molecule has 2 aromatic rings. The van der Waals surface area contributed by atoms with Gasteiger partial charge < -0.3 is 5.32 Å². The zero-order valence-corrected chi connectivity index (χ0v) is 14.1. The van der Waals surface area contributed by atoms with E-state index in [9.17, 15) is 0 Å². The van der Waals surface area contributed by atoms with Crippen molar-refractivity contribution in [2.24, 2.45) is 17.8 Å². The first-order chi connectivity index (χ1) is 10.3. The van der Waals surface area contributed by atoms with E-state index in [2.05, 4.69) is 22.8 Å². The van der Waals surface area contributed by atoms with Gasteiger partial charge in [-0.25, -0.2) is 0 Å². The maximum absolute atomic E-state index is 4.05. The van der Waals surface area contributed by atoms with Crippen molar-refractivity contribution in [3.63, 3.8) is 0 Å². The molecule has 4 aliphatic rings. The molecule has 4 saturated carbocycles. The molecule has 112 valence electrons. The molecule has 1 nitrogen and oxygen atoms in total. The predicted octanol–water partition coefficient (Wildman–Crippen LogP) is 5.41. The van der Waals surface area contributed by atoms with E-state index in [-0.39, 0.29) is 0 Å². The van der Waals surface area contributed by atoms with Crippen LogP contribution >= 0.6 is 22.7 Å². The SMILES string of the molecule is c1cc2cc(CNC34CC5CCC(CC(C5)C3)C4)sc2s1. The Hall–Kier alpha value is -0.380. The fraction of sp³-hybridized carbons (Fsp3) is 0.667. The summed E-state index contributed by atoms with van der Waals surface area (Å²) in [6.07, 6.45) is 10.5. The molecule has 3 heteroatoms. The number of hydrogen-bond acceptors (Lipinski definition) is 3. The number of thiophene rings is 2. The zero-order chi connectivity index (χ0) is 13.9. The first kappa shape index (κ1) is 13.1. The molecule has 6 rings (SSSR count). The van der Waals surface area contributed by atoms with E-state index in [4.69, 9.17) is 0 Å². The lowest BCUT2D eigenvalue weighted by Gasteiger charge is -2.49. The highest BCUT2D eigenvalue weighted by atomic mass is 32.2. The number of hydrogen-bond donors (Lipinski definition) is 1. The van der Waals surface area contributed by atoms with Crippen molar-refractivity contribution in [1.29, 1.82) is 0 Å². The molecule has 2 heterocycles. The molecule has 4 fully saturated rings. The van der Waals surface area contributed by atoms with Crippen molar-refractivity contribution in [2.75, 3.05) is 0 Å². The summed E-state index contributed by atoms with van der Waals surface area (Å²) < 4.78 is 1.49. The van der Waals surface area contributed by atoms with Crippen LogP contribution in [0.4, 0.5) is 0 Å². The molecule has 0 amide bonds. The highest BCUT2D eigenvalue weighted by Crippen LogP contribution is 2.53. The van der Waals surface area contributed by atoms with Crippen LogP contribution in [0.25, 0.3) is 9.40 Å². The summed E-state index contributed by atoms with van der Waals surface area (Å²) >= 11 is 3.88. The number of fused-ring (bicyclic) bond motifs is 2. The first-order valence-electron chi connectivity index (χ1n) is 8.49. The third-order valence-corrected chi connectivity index (χ3v) is 8.40. The second-order valence-electron chi connectivity index (χ2n) is 7.77. The average molecular weight is 318 g/mol. The van der Waals surface area contributed by atoms with Gasteiger partial charge >= 0.3 is 0 Å². The monoisotopic (exact) mass is 317 g/mol. The average Bonchev–Trinajstić information content (AvgIpc) is 2.97. The standard InChI is InChI=1S/C18H23NS2/c1-2-13-6-14-5-12(1)8-18(9-13,10-14)19-11-16-7-15-3-4-20-17(15)21-16/h3-4,7,12-14,19H,1-2,5-6,8-11H2. The van der Waals surface area contributed by atoms with Crippen molar-refractivity contribution < 1.29 is 0 Å². The Bertz CT molecular complexity index is 611. The van der Waals surface area contributed by atoms with Crippen LogP contribution in [-0.2, 0) is 6.54 Å². The molecule has 1 N–H and O–H groups in total. The van der Waals surface area contributed by atoms with E-state index in [1.54, 1.807) is 0 Å². The summed E-state index contributed by atoms with van der Waals surface area (Å²) in [6.45, 7) is 1.10. The molecule has 4 bridgehead atoms. The van der Waals surface area contributed by atoms with Gasteiger partial charge in [0.1, 0.15) is 0 Å². The largest absolute Gasteiger partial charge is 0.306 e. The van der Waals surface area contributed by atoms with E-state index >= 15 is 0 Å². The lowest BCUT2D eigenvalue weighted by atomic mass is 9.63. The predicted molar refractivity (Wildman–Crippen MR) is 92.1 cm³/mol. The molecule has 0 spiro atoms. The first-order valence-corrected chi connectivity index (χ1v) is 10.2. The number of rotatable bonds is 3. The third kappa shape index (κ3) is 2.29. The van der Waals surface area contributed by atoms with E-state index in [0.29, 0.717) is 5.54 Å². The molecule has 2 unspecified atom stereocenters. The third-order valence-electron chi connectivity index (χ3n) is 6.19. The lowest BCUT2D eigenvalue weighted by molar-refractivity contribution is 0.0721. The van der Waals surface area contributed by atoms with E-state index in [0.717, 1.165) is 24.3 Å². The Morgan fingerprint density at radius 1 is 1.10 bits per heavy atom. The van der Waals surface area contributed by atoms with Crippen molar-refractivity contribution in [2.45, 2.75) is 57.0 Å². The van der Waals surface area contributed by atoms with Crippen LogP contribution in [0.2, 0.25) is 0 Å². The second-order valence-corrected chi connectivity index (χ2v) is 10.1. The van der Waals surface area contributed by atoms with Crippen molar-refractivity contribution in [3.8, 4) is 0 Å². The van der Waals surface area contributed by atoms with Gasteiger partial charge in [0.2, 0.25) is 0 Å². The van der Waals surface area contributed by atoms with Crippen molar-refractivity contribution in [1.82, 2.24) is 5.32 Å². The van der Waals surface area contributed by atoms with Gasteiger partial charge in [0.05, 0.1) is 4.01 Å². The van der Waals surface area contributed by atoms with Gasteiger partial charge in [-0.15, -0.1) is 22.7 Å². The van der Waals surface area contributed by atoms with Gasteiger partial charge in [0, 0.05) is 22.3 Å². The van der Waals surface area contributed by atoms with Gasteiger partial charge in [0.15, 0.2) is 0 Å². The summed E-state index contributed by atoms with van der Waals surface area (Å²) in [6, 6.07) is 4.66. The van der Waals surface area contributed by atoms with Crippen LogP contribution in [0.15, 0.2) is 17.5 Å². The minimum Gasteiger partial charge on any atom is -0.306 e. The summed E-state index contributed by atoms with van der Waals surface area (Å²) in [7, 11) is 0. The molecule has 21 heavy (non-hydrogen) atoms. The Morgan fingerprint density at radius 3 is 2.62 bits per heavy atom. The Morgan fingerprint density at radius 2 is 1.86 bits per heavy atom. The fourth-order valence-corrected chi connectivity index (χ4v) is 7.68. The highest BCUT2D eigenvalue weighted by molar-refractivity contribution is 7.37. The Kier molecular flexibility index (Phi) is 3.00. The normalized spacial score (nSPS) is 38.2. The van der Waals surface area contributed by atoms with Gasteiger partial charge in [-0.1, -0.05) is 12.8 Å². The van der Waals surface area contributed by atoms with Crippen molar-refractivity contribution in [3.05, 3.63) is 22.4 Å². The van der Waals surface area contributed by atoms with Gasteiger partial charge in [-0.3, -0.25) is 0 Å². The van der Waals surface area contributed by atoms with Crippen LogP contribution in [0.3, 0.4) is 0 Å². The van der Waals surface area contributed by atoms with Gasteiger partial charge in [-0.2, -0.15) is 0 Å². The topological polar surface area (TPSA) is 12.0 Å². The Balaban J connectivity index is 1.36. The molecule has 0 saturated heterocycles. The molecule has 0 aliphatic heterocycles. The summed E-state index contributed by atoms with van der Waals surface area (Å²) in [5.41, 5.74) is 0.490. The molecular formula is C18H23NS2. The second kappa shape index (κ2) is 4.81. The minimum atomic E-state index is 0.490. The van der Waals surface area contributed by atoms with Crippen LogP contribution in [0, 0.1) is 17.8 Å². The fourth-order valence-electron chi connectivity index (χ4n) is 5.59. The maximum atomic E-state index is 4.05. The van der Waals surface area contributed by atoms with Gasteiger partial charge in [0.25, 0.3) is 0 Å². The highest BCUT2D eigenvalue weighted by Gasteiger charge is 2.48. The molecular weight excluding hydrogens is 294 g/mol. The van der Waals surface area contributed by atoms with E-state index < -0.39 is 0 Å². The van der Waals surface area contributed by atoms with Crippen molar-refractivity contribution >= 4 is 32.1 Å². The van der Waals surface area contributed by atoms with E-state index in [1.807, 2.05) is 22.7 Å². The molecule has 4 aliphatic carbocycles. The molecule has 0 radical (unpaired) electrons. The van der Waals surface area contributed by atoms with Crippen LogP contribution in [0.5, 0.6) is 0 Å². The summed E-state index contributed by atoms with van der Waals surface area (Å²) in [5.74, 6) is 3.08. The van der Waals surface area contributed by atoms with Gasteiger partial charge in [-0.05, 0) is 67.4 Å². The summed E-state index contributed by atoms with van der Waals surface area (Å²) in [4.78, 5) is 1.53. The van der Waals surface area contributed by atoms with Crippen LogP contribution in [-0.4, -0.2) is 5.54 Å². The molecule has 2 aromatic heterocycles. The van der Waals surface area contributed by atoms with Crippen LogP contribution < -0.4 is 5.32 Å². The minimum absolute atomic E-state index is 0.490. The zero-order valence-electron chi connectivity index (χ0n) is 12.4.